The number of nitrogens with zero attached hydrogens (tertiary/aromatic N) is 2. The van der Waals surface area contributed by atoms with Gasteiger partial charge in [-0.05, 0) is 49.2 Å². The van der Waals surface area contributed by atoms with Crippen molar-refractivity contribution in [3.8, 4) is 0 Å². The highest BCUT2D eigenvalue weighted by Gasteiger charge is 2.55. The molecule has 84 heavy (non-hydrogen) atoms. The van der Waals surface area contributed by atoms with Gasteiger partial charge in [0.2, 0.25) is 0 Å². The summed E-state index contributed by atoms with van der Waals surface area (Å²) in [5, 5.41) is 45.0. The molecule has 4 aromatic rings. The lowest BCUT2D eigenvalue weighted by molar-refractivity contribution is 0.0261. The lowest BCUT2D eigenvalue weighted by Gasteiger charge is -2.24. The van der Waals surface area contributed by atoms with E-state index in [9.17, 15) is 46.9 Å². The average Bonchev–Trinajstić information content (AvgIpc) is 2.94. The van der Waals surface area contributed by atoms with Crippen LogP contribution in [0.3, 0.4) is 0 Å². The number of benzene rings is 4. The summed E-state index contributed by atoms with van der Waals surface area (Å²) in [4.78, 5) is 27.7. The number of aliphatic hydroxyl groups is 4. The Hall–Kier alpha value is -4.58. The fourth-order valence-corrected chi connectivity index (χ4v) is 13.5. The van der Waals surface area contributed by atoms with Crippen molar-refractivity contribution in [2.45, 2.75) is 163 Å². The van der Waals surface area contributed by atoms with Gasteiger partial charge in [0.25, 0.3) is 20.2 Å². The highest BCUT2D eigenvalue weighted by atomic mass is 35.5. The molecule has 6 N–H and O–H groups in total. The third kappa shape index (κ3) is 16.5. The third-order valence-electron chi connectivity index (χ3n) is 14.9. The predicted octanol–water partition coefficient (Wildman–Crippen LogP) is 4.89. The van der Waals surface area contributed by atoms with Gasteiger partial charge in [0.05, 0.1) is 102 Å². The minimum atomic E-state index is -4.06. The summed E-state index contributed by atoms with van der Waals surface area (Å²) in [6.07, 6.45) is -6.77. The van der Waals surface area contributed by atoms with Crippen molar-refractivity contribution in [1.82, 2.24) is 20.4 Å². The van der Waals surface area contributed by atoms with Crippen LogP contribution in [0.1, 0.15) is 52.0 Å². The van der Waals surface area contributed by atoms with Crippen LogP contribution in [0.5, 0.6) is 0 Å². The van der Waals surface area contributed by atoms with Crippen molar-refractivity contribution in [2.75, 3.05) is 52.6 Å². The quantitative estimate of drug-likeness (QED) is 0.0910. The molecule has 0 unspecified atom stereocenters. The molecule has 0 aliphatic carbocycles. The number of aliphatic hydroxyl groups excluding tert-OH is 4. The predicted molar refractivity (Wildman–Crippen MR) is 313 cm³/mol. The first-order valence-electron chi connectivity index (χ1n) is 26.2. The molecular weight excluding hydrogens is 1180 g/mol. The molecule has 0 spiro atoms. The molecular formula is C58H82Cl2N4O18S2. The van der Waals surface area contributed by atoms with Crippen LogP contribution in [0.15, 0.2) is 119 Å². The number of amides is 2. The largest absolute Gasteiger partial charge is 0.445 e. The summed E-state index contributed by atoms with van der Waals surface area (Å²) in [5.41, 5.74) is 3.64. The lowest BCUT2D eigenvalue weighted by Crippen LogP contribution is -2.44. The van der Waals surface area contributed by atoms with Gasteiger partial charge in [0.15, 0.2) is 0 Å². The van der Waals surface area contributed by atoms with Crippen LogP contribution in [0, 0.1) is 13.8 Å². The van der Waals surface area contributed by atoms with E-state index in [0.717, 1.165) is 28.8 Å². The maximum absolute atomic E-state index is 12.7. The summed E-state index contributed by atoms with van der Waals surface area (Å²) < 4.78 is 92.7. The SMILES string of the molecule is C.C.C.C.Cc1ccc(S(=O)(=O)O[C@@H]2CN(C(=O)OCc3ccccc3)[C@H]3[C@@H]2OC[C@@H]3O)cc1.Cc1ccc(S(=O)(=O)O[C@@H]2CN[C@H]3[C@@H]2OC[C@@H]3O)cc1.O=C(OCc1ccccc1)N1C[C@H](Cl)[C@H]2OC[C@H](O)[C@H]21.O[C@H]1CO[C@H]2[C@@H]1NC[C@@H]2Cl. The van der Waals surface area contributed by atoms with Crippen molar-refractivity contribution in [1.29, 1.82) is 0 Å². The Morgan fingerprint density at radius 2 is 0.905 bits per heavy atom. The monoisotopic (exact) mass is 1260 g/mol. The highest BCUT2D eigenvalue weighted by Crippen LogP contribution is 2.36. The molecule has 22 nitrogen and oxygen atoms in total. The Morgan fingerprint density at radius 3 is 1.39 bits per heavy atom. The number of halogens is 2. The molecule has 8 saturated heterocycles. The fraction of sp³-hybridized carbons (Fsp3) is 0.552. The van der Waals surface area contributed by atoms with Crippen LogP contribution < -0.4 is 10.6 Å². The number of fused-ring (bicyclic) bond motifs is 4. The topological polar surface area (TPSA) is 288 Å². The van der Waals surface area contributed by atoms with E-state index in [2.05, 4.69) is 10.6 Å². The van der Waals surface area contributed by atoms with Gasteiger partial charge in [-0.3, -0.25) is 18.2 Å². The minimum absolute atomic E-state index is 0. The Kier molecular flexibility index (Phi) is 25.8. The number of nitrogens with one attached hydrogen (secondary N) is 2. The number of rotatable bonds is 10. The number of alkyl halides is 2. The van der Waals surface area contributed by atoms with E-state index in [1.165, 1.54) is 34.1 Å². The Balaban J connectivity index is 0.000000212. The zero-order chi connectivity index (χ0) is 56.9. The van der Waals surface area contributed by atoms with Gasteiger partial charge < -0.3 is 59.5 Å². The number of hydrogen-bond acceptors (Lipinski definition) is 20. The second-order valence-electron chi connectivity index (χ2n) is 20.5. The van der Waals surface area contributed by atoms with Gasteiger partial charge in [-0.2, -0.15) is 16.8 Å². The Bertz CT molecular complexity index is 2910. The van der Waals surface area contributed by atoms with Crippen molar-refractivity contribution >= 4 is 55.6 Å². The summed E-state index contributed by atoms with van der Waals surface area (Å²) in [6.45, 7) is 6.19. The molecule has 468 valence electrons. The number of aryl methyl sites for hydroxylation is 2. The summed E-state index contributed by atoms with van der Waals surface area (Å²) in [5.74, 6) is 0. The second kappa shape index (κ2) is 30.9. The van der Waals surface area contributed by atoms with Crippen molar-refractivity contribution in [2.24, 2.45) is 0 Å². The first-order valence-corrected chi connectivity index (χ1v) is 29.8. The molecule has 0 aromatic heterocycles. The molecule has 8 aliphatic heterocycles. The molecule has 0 radical (unpaired) electrons. The molecule has 12 rings (SSSR count). The molecule has 16 atom stereocenters. The van der Waals surface area contributed by atoms with Crippen molar-refractivity contribution in [3.63, 3.8) is 0 Å². The van der Waals surface area contributed by atoms with Crippen LogP contribution in [0.25, 0.3) is 0 Å². The lowest BCUT2D eigenvalue weighted by atomic mass is 10.1. The number of carbonyl (C=O) groups is 2. The maximum Gasteiger partial charge on any atom is 0.410 e. The van der Waals surface area contributed by atoms with E-state index in [1.807, 2.05) is 74.5 Å². The van der Waals surface area contributed by atoms with Gasteiger partial charge in [0.1, 0.15) is 49.8 Å². The van der Waals surface area contributed by atoms with Crippen LogP contribution in [0.4, 0.5) is 9.59 Å². The number of carbonyl (C=O) groups excluding carboxylic acids is 2. The molecule has 26 heteroatoms. The fourth-order valence-electron chi connectivity index (χ4n) is 10.7. The first-order chi connectivity index (χ1) is 38.3. The molecule has 8 fully saturated rings. The number of likely N-dealkylation sites (tertiary alicyclic amines) is 2. The van der Waals surface area contributed by atoms with E-state index < -0.39 is 87.2 Å². The summed E-state index contributed by atoms with van der Waals surface area (Å²) in [7, 11) is -7.88. The zero-order valence-electron chi connectivity index (χ0n) is 43.7. The molecule has 0 saturated carbocycles. The van der Waals surface area contributed by atoms with E-state index in [0.29, 0.717) is 19.7 Å². The zero-order valence-corrected chi connectivity index (χ0v) is 46.8. The van der Waals surface area contributed by atoms with Gasteiger partial charge in [-0.25, -0.2) is 9.59 Å². The summed E-state index contributed by atoms with van der Waals surface area (Å²) in [6, 6.07) is 30.1. The van der Waals surface area contributed by atoms with E-state index >= 15 is 0 Å². The van der Waals surface area contributed by atoms with Crippen LogP contribution >= 0.6 is 23.2 Å². The van der Waals surface area contributed by atoms with Crippen LogP contribution in [-0.2, 0) is 70.2 Å². The van der Waals surface area contributed by atoms with Gasteiger partial charge in [-0.1, -0.05) is 126 Å². The number of ether oxygens (including phenoxy) is 6. The summed E-state index contributed by atoms with van der Waals surface area (Å²) >= 11 is 12.0. The van der Waals surface area contributed by atoms with Crippen LogP contribution in [0.2, 0.25) is 0 Å². The van der Waals surface area contributed by atoms with Gasteiger partial charge in [-0.15, -0.1) is 23.2 Å². The van der Waals surface area contributed by atoms with Crippen molar-refractivity contribution in [3.05, 3.63) is 131 Å². The Labute approximate surface area is 503 Å². The standard InChI is InChI=1S/C21H23NO7S.C14H16ClNO4.C13H17NO5S.C6H10ClNO2.4CH4/c1-14-7-9-16(10-8-14)30(25,26)29-18-11-22(19-17(23)13-27-20(18)19)21(24)28-12-15-5-3-2-4-6-15;15-10-6-16(12-11(17)8-19-13(10)12)14(18)20-7-9-4-2-1-3-5-9;1-8-2-4-9(5-3-8)20(16,17)19-11-6-14-12-10(15)7-18-13(11)12;7-3-1-8-5-4(9)2-10-6(3)5;;;;/h2-10,17-20,23H,11-13H2,1H3;1-5,10-13,17H,6-8H2;2-5,10-15H,6-7H2,1H3;3-6,8-9H,1-2H2;4*1H4/t17-,18+,19+,20+;10-,11-,12+,13+;10-,11+,12+,13+;3-,4-,5+,6+;;;;/m0000..../s1. The van der Waals surface area contributed by atoms with Crippen LogP contribution in [-0.4, -0.2) is 208 Å². The molecule has 0 bridgehead atoms. The van der Waals surface area contributed by atoms with E-state index in [1.54, 1.807) is 24.3 Å². The van der Waals surface area contributed by atoms with Crippen molar-refractivity contribution < 1.29 is 83.6 Å². The molecule has 2 amide bonds. The maximum atomic E-state index is 12.7. The van der Waals surface area contributed by atoms with E-state index in [-0.39, 0.29) is 120 Å². The smallest absolute Gasteiger partial charge is 0.410 e. The highest BCUT2D eigenvalue weighted by molar-refractivity contribution is 7.87. The van der Waals surface area contributed by atoms with Gasteiger partial charge >= 0.3 is 12.2 Å². The average molecular weight is 1260 g/mol. The molecule has 4 aromatic carbocycles. The minimum Gasteiger partial charge on any atom is -0.445 e. The number of hydrogen-bond donors (Lipinski definition) is 6. The second-order valence-corrected chi connectivity index (χ2v) is 24.8. The first kappa shape index (κ1) is 70.2. The Morgan fingerprint density at radius 1 is 0.512 bits per heavy atom. The molecule has 8 aliphatic rings. The molecule has 8 heterocycles. The van der Waals surface area contributed by atoms with E-state index in [4.69, 9.17) is 60.0 Å². The normalized spacial score (nSPS) is 31.2. The van der Waals surface area contributed by atoms with Gasteiger partial charge in [0, 0.05) is 19.6 Å². The third-order valence-corrected chi connectivity index (χ3v) is 18.3.